The summed E-state index contributed by atoms with van der Waals surface area (Å²) in [6, 6.07) is 4.38. The van der Waals surface area contributed by atoms with Crippen LogP contribution in [0.5, 0.6) is 0 Å². The van der Waals surface area contributed by atoms with Gasteiger partial charge in [-0.3, -0.25) is 0 Å². The van der Waals surface area contributed by atoms with Gasteiger partial charge in [-0.15, -0.1) is 0 Å². The number of nitrogens with zero attached hydrogens (tertiary/aromatic N) is 3. The van der Waals surface area contributed by atoms with Gasteiger partial charge >= 0.3 is 12.1 Å². The molecular formula is C13H11ClF3N5O2. The molecule has 3 rings (SSSR count). The number of alkyl halides is 3. The van der Waals surface area contributed by atoms with Crippen LogP contribution in [0, 0.1) is 0 Å². The van der Waals surface area contributed by atoms with Crippen molar-refractivity contribution >= 4 is 23.3 Å². The first-order valence-corrected chi connectivity index (χ1v) is 7.19. The molecule has 1 saturated heterocycles. The van der Waals surface area contributed by atoms with E-state index >= 15 is 0 Å². The van der Waals surface area contributed by atoms with Crippen molar-refractivity contribution in [1.82, 2.24) is 20.3 Å². The zero-order valence-corrected chi connectivity index (χ0v) is 12.7. The Morgan fingerprint density at radius 3 is 2.79 bits per heavy atom. The third kappa shape index (κ3) is 3.44. The second-order valence-electron chi connectivity index (χ2n) is 5.07. The third-order valence-electron chi connectivity index (χ3n) is 3.38. The lowest BCUT2D eigenvalue weighted by Crippen LogP contribution is -2.40. The van der Waals surface area contributed by atoms with Gasteiger partial charge in [0.25, 0.3) is 0 Å². The Morgan fingerprint density at radius 2 is 2.17 bits per heavy atom. The van der Waals surface area contributed by atoms with E-state index in [4.69, 9.17) is 11.6 Å². The van der Waals surface area contributed by atoms with Gasteiger partial charge in [0, 0.05) is 19.0 Å². The van der Waals surface area contributed by atoms with Crippen molar-refractivity contribution in [3.8, 4) is 5.69 Å². The molecule has 0 amide bonds. The van der Waals surface area contributed by atoms with E-state index in [1.807, 2.05) is 5.48 Å². The largest absolute Gasteiger partial charge is 0.493 e. The maximum absolute atomic E-state index is 12.1. The smallest absolute Gasteiger partial charge is 0.335 e. The molecule has 1 fully saturated rings. The Hall–Kier alpha value is -2.33. The molecule has 1 aliphatic heterocycles. The molecule has 0 spiro atoms. The van der Waals surface area contributed by atoms with Crippen molar-refractivity contribution < 1.29 is 22.8 Å². The quantitative estimate of drug-likeness (QED) is 0.811. The molecule has 128 valence electrons. The Labute approximate surface area is 138 Å². The van der Waals surface area contributed by atoms with E-state index < -0.39 is 12.1 Å². The highest BCUT2D eigenvalue weighted by atomic mass is 35.5. The van der Waals surface area contributed by atoms with Crippen LogP contribution in [0.2, 0.25) is 5.02 Å². The van der Waals surface area contributed by atoms with Gasteiger partial charge in [-0.25, -0.2) is 10.3 Å². The van der Waals surface area contributed by atoms with E-state index in [-0.39, 0.29) is 16.6 Å². The average Bonchev–Trinajstić information content (AvgIpc) is 2.92. The van der Waals surface area contributed by atoms with Crippen LogP contribution < -0.4 is 10.8 Å². The number of rotatable bonds is 4. The van der Waals surface area contributed by atoms with Gasteiger partial charge in [-0.05, 0) is 18.2 Å². The molecule has 2 N–H and O–H groups in total. The number of halogens is 4. The van der Waals surface area contributed by atoms with Crippen molar-refractivity contribution in [2.24, 2.45) is 0 Å². The first-order valence-electron chi connectivity index (χ1n) is 6.81. The van der Waals surface area contributed by atoms with Crippen LogP contribution in [0.4, 0.5) is 18.9 Å². The summed E-state index contributed by atoms with van der Waals surface area (Å²) in [5, 5.41) is 11.6. The molecule has 2 heterocycles. The van der Waals surface area contributed by atoms with E-state index in [1.165, 1.54) is 16.9 Å². The van der Waals surface area contributed by atoms with E-state index in [9.17, 15) is 18.0 Å². The molecule has 1 aliphatic rings. The van der Waals surface area contributed by atoms with Gasteiger partial charge in [-0.2, -0.15) is 28.2 Å². The summed E-state index contributed by atoms with van der Waals surface area (Å²) >= 11 is 5.88. The predicted octanol–water partition coefficient (Wildman–Crippen LogP) is 2.04. The number of carbonyl (C=O) groups is 1. The van der Waals surface area contributed by atoms with Gasteiger partial charge in [0.2, 0.25) is 0 Å². The van der Waals surface area contributed by atoms with Crippen molar-refractivity contribution in [3.05, 3.63) is 35.1 Å². The second-order valence-corrected chi connectivity index (χ2v) is 5.47. The molecule has 0 unspecified atom stereocenters. The Morgan fingerprint density at radius 1 is 1.42 bits per heavy atom. The number of aromatic nitrogens is 3. The fourth-order valence-electron chi connectivity index (χ4n) is 1.96. The number of benzene rings is 1. The number of hydrogen-bond donors (Lipinski definition) is 2. The highest BCUT2D eigenvalue weighted by molar-refractivity contribution is 6.33. The lowest BCUT2D eigenvalue weighted by molar-refractivity contribution is -0.196. The normalized spacial score (nSPS) is 15.0. The van der Waals surface area contributed by atoms with Crippen LogP contribution in [-0.4, -0.2) is 40.2 Å². The minimum Gasteiger partial charge on any atom is -0.335 e. The number of anilines is 1. The molecule has 2 aromatic rings. The van der Waals surface area contributed by atoms with Gasteiger partial charge in [0.05, 0.1) is 28.3 Å². The summed E-state index contributed by atoms with van der Waals surface area (Å²) < 4.78 is 36.4. The summed E-state index contributed by atoms with van der Waals surface area (Å²) in [5.41, 5.74) is 3.14. The van der Waals surface area contributed by atoms with Crippen molar-refractivity contribution in [1.29, 1.82) is 0 Å². The van der Waals surface area contributed by atoms with Gasteiger partial charge in [0.15, 0.2) is 0 Å². The maximum Gasteiger partial charge on any atom is 0.493 e. The molecule has 0 bridgehead atoms. The second kappa shape index (κ2) is 6.29. The standard InChI is InChI=1S/C13H11ClF3N5O2/c14-9-2-1-8(3-10(9)21-24-12(23)13(15,16)17)22-19-6-11(20-22)7-4-18-5-7/h1-3,6-7,18,21H,4-5H2. The topological polar surface area (TPSA) is 81.1 Å². The van der Waals surface area contributed by atoms with E-state index in [2.05, 4.69) is 20.4 Å². The molecule has 0 aliphatic carbocycles. The third-order valence-corrected chi connectivity index (χ3v) is 3.70. The summed E-state index contributed by atoms with van der Waals surface area (Å²) in [4.78, 5) is 16.0. The van der Waals surface area contributed by atoms with Crippen LogP contribution in [0.1, 0.15) is 11.6 Å². The molecule has 0 radical (unpaired) electrons. The van der Waals surface area contributed by atoms with Gasteiger partial charge in [0.1, 0.15) is 0 Å². The zero-order valence-electron chi connectivity index (χ0n) is 12.0. The predicted molar refractivity (Wildman–Crippen MR) is 77.7 cm³/mol. The van der Waals surface area contributed by atoms with E-state index in [0.717, 1.165) is 18.8 Å². The highest BCUT2D eigenvalue weighted by Gasteiger charge is 2.41. The Kier molecular flexibility index (Phi) is 4.33. The lowest BCUT2D eigenvalue weighted by atomic mass is 10.0. The number of carbonyl (C=O) groups excluding carboxylic acids is 1. The Bertz CT molecular complexity index is 760. The molecule has 0 atom stereocenters. The number of hydrogen-bond acceptors (Lipinski definition) is 6. The van der Waals surface area contributed by atoms with Crippen LogP contribution in [0.25, 0.3) is 5.69 Å². The summed E-state index contributed by atoms with van der Waals surface area (Å²) in [6.45, 7) is 1.64. The maximum atomic E-state index is 12.1. The number of nitrogens with one attached hydrogen (secondary N) is 2. The molecule has 0 saturated carbocycles. The minimum atomic E-state index is -5.10. The Balaban J connectivity index is 1.76. The van der Waals surface area contributed by atoms with Crippen molar-refractivity contribution in [2.45, 2.75) is 12.1 Å². The molecule has 24 heavy (non-hydrogen) atoms. The van der Waals surface area contributed by atoms with Crippen molar-refractivity contribution in [3.63, 3.8) is 0 Å². The van der Waals surface area contributed by atoms with Crippen LogP contribution in [0.3, 0.4) is 0 Å². The van der Waals surface area contributed by atoms with E-state index in [1.54, 1.807) is 12.3 Å². The molecule has 11 heteroatoms. The summed E-state index contributed by atoms with van der Waals surface area (Å²) in [5.74, 6) is -2.09. The summed E-state index contributed by atoms with van der Waals surface area (Å²) in [6.07, 6.45) is -3.48. The molecule has 1 aromatic carbocycles. The molecule has 7 nitrogen and oxygen atoms in total. The van der Waals surface area contributed by atoms with Gasteiger partial charge in [-0.1, -0.05) is 11.6 Å². The minimum absolute atomic E-state index is 0.0177. The van der Waals surface area contributed by atoms with E-state index in [0.29, 0.717) is 5.69 Å². The SMILES string of the molecule is O=C(ONc1cc(-n2ncc(C3CNC3)n2)ccc1Cl)C(F)(F)F. The first-order chi connectivity index (χ1) is 11.3. The van der Waals surface area contributed by atoms with Crippen LogP contribution in [0.15, 0.2) is 24.4 Å². The first kappa shape index (κ1) is 16.5. The monoisotopic (exact) mass is 361 g/mol. The fourth-order valence-corrected chi connectivity index (χ4v) is 2.12. The summed E-state index contributed by atoms with van der Waals surface area (Å²) in [7, 11) is 0. The van der Waals surface area contributed by atoms with Crippen LogP contribution >= 0.6 is 11.6 Å². The molecular weight excluding hydrogens is 351 g/mol. The average molecular weight is 362 g/mol. The van der Waals surface area contributed by atoms with Gasteiger partial charge < -0.3 is 10.2 Å². The zero-order chi connectivity index (χ0) is 17.3. The fraction of sp³-hybridized carbons (Fsp3) is 0.308. The lowest BCUT2D eigenvalue weighted by Gasteiger charge is -2.24. The van der Waals surface area contributed by atoms with Crippen LogP contribution in [-0.2, 0) is 9.63 Å². The highest BCUT2D eigenvalue weighted by Crippen LogP contribution is 2.26. The van der Waals surface area contributed by atoms with Crippen molar-refractivity contribution in [2.75, 3.05) is 18.6 Å². The molecule has 1 aromatic heterocycles.